The number of aliphatic carboxylic acids is 2. The molecule has 1 heterocycles. The average Bonchev–Trinajstić information content (AvgIpc) is 3.04. The van der Waals surface area contributed by atoms with E-state index >= 15 is 0 Å². The maximum absolute atomic E-state index is 11.3. The molecule has 0 fully saturated rings. The van der Waals surface area contributed by atoms with Crippen molar-refractivity contribution in [2.24, 2.45) is 0 Å². The number of aliphatic hydroxyl groups excluding tert-OH is 2. The van der Waals surface area contributed by atoms with Gasteiger partial charge in [0.2, 0.25) is 0 Å². The Morgan fingerprint density at radius 1 is 0.864 bits per heavy atom. The number of fused-ring (bicyclic) bond motifs is 1. The summed E-state index contributed by atoms with van der Waals surface area (Å²) >= 11 is 0. The minimum Gasteiger partial charge on any atom is -0.493 e. The number of carbonyl (C=O) groups excluding carboxylic acids is 1. The zero-order valence-electron chi connectivity index (χ0n) is 23.0. The number of hydroxylamine groups is 1. The van der Waals surface area contributed by atoms with E-state index in [-0.39, 0.29) is 0 Å². The largest absolute Gasteiger partial charge is 0.493 e. The number of nitrogens with zero attached hydrogens (tertiary/aromatic N) is 2. The third-order valence-corrected chi connectivity index (χ3v) is 5.75. The molecule has 0 aliphatic rings. The molecule has 7 N–H and O–H groups in total. The van der Waals surface area contributed by atoms with Crippen molar-refractivity contribution in [3.8, 4) is 23.8 Å². The van der Waals surface area contributed by atoms with E-state index in [4.69, 9.17) is 41.5 Å². The molecule has 14 heteroatoms. The SMILES string of the molecule is C#Cc1cccc(Nc2ncnc3ccc(OCCCOc4ccc(C(=O)NO)cc4)cc23)c1.O=C(O)C(O)C(O)C(=O)O. The van der Waals surface area contributed by atoms with Crippen LogP contribution in [-0.4, -0.2) is 78.9 Å². The van der Waals surface area contributed by atoms with Crippen molar-refractivity contribution < 1.29 is 49.5 Å². The second-order valence-electron chi connectivity index (χ2n) is 8.83. The minimum absolute atomic E-state index is 0.344. The number of anilines is 2. The van der Waals surface area contributed by atoms with Crippen LogP contribution in [0, 0.1) is 12.3 Å². The standard InChI is InChI=1S/C26H22N4O4.C4H6O6/c1-2-18-5-3-6-20(15-18)29-25-23-16-22(11-12-24(23)27-17-28-25)34-14-4-13-33-21-9-7-19(8-10-21)26(31)30-32;5-1(3(7)8)2(6)4(9)10/h1,3,5-12,15-17,32H,4,13-14H2,(H,30,31)(H,27,28,29);1-2,5-6H,(H,7,8)(H,9,10). The fourth-order valence-electron chi connectivity index (χ4n) is 3.52. The molecule has 44 heavy (non-hydrogen) atoms. The number of aliphatic hydroxyl groups is 2. The predicted molar refractivity (Wildman–Crippen MR) is 156 cm³/mol. The van der Waals surface area contributed by atoms with Crippen LogP contribution in [0.5, 0.6) is 11.5 Å². The molecule has 4 aromatic rings. The Hall–Kier alpha value is -5.75. The fourth-order valence-corrected chi connectivity index (χ4v) is 3.52. The van der Waals surface area contributed by atoms with Gasteiger partial charge in [0, 0.05) is 28.6 Å². The first-order chi connectivity index (χ1) is 21.1. The van der Waals surface area contributed by atoms with E-state index in [0.717, 1.165) is 22.2 Å². The van der Waals surface area contributed by atoms with Gasteiger partial charge in [-0.25, -0.2) is 25.0 Å². The number of carboxylic acid groups (broad SMARTS) is 2. The summed E-state index contributed by atoms with van der Waals surface area (Å²) in [7, 11) is 0. The minimum atomic E-state index is -2.27. The van der Waals surface area contributed by atoms with Gasteiger partial charge in [0.1, 0.15) is 23.6 Å². The summed E-state index contributed by atoms with van der Waals surface area (Å²) in [5.41, 5.74) is 4.34. The molecular formula is C30H28N4O10. The van der Waals surface area contributed by atoms with Crippen LogP contribution in [0.15, 0.2) is 73.1 Å². The lowest BCUT2D eigenvalue weighted by atomic mass is 10.2. The first-order valence-corrected chi connectivity index (χ1v) is 12.8. The highest BCUT2D eigenvalue weighted by Crippen LogP contribution is 2.27. The highest BCUT2D eigenvalue weighted by atomic mass is 16.5. The van der Waals surface area contributed by atoms with Gasteiger partial charge in [0.15, 0.2) is 12.2 Å². The number of carboxylic acids is 2. The Bertz CT molecular complexity index is 1620. The number of rotatable bonds is 12. The Morgan fingerprint density at radius 3 is 2.11 bits per heavy atom. The summed E-state index contributed by atoms with van der Waals surface area (Å²) in [5, 5.41) is 45.3. The number of benzene rings is 3. The van der Waals surface area contributed by atoms with Gasteiger partial charge in [-0.3, -0.25) is 10.0 Å². The molecule has 228 valence electrons. The van der Waals surface area contributed by atoms with E-state index in [1.807, 2.05) is 42.5 Å². The van der Waals surface area contributed by atoms with Crippen LogP contribution >= 0.6 is 0 Å². The van der Waals surface area contributed by atoms with Gasteiger partial charge < -0.3 is 35.2 Å². The van der Waals surface area contributed by atoms with Crippen LogP contribution in [0.25, 0.3) is 10.9 Å². The van der Waals surface area contributed by atoms with Gasteiger partial charge in [0.25, 0.3) is 5.91 Å². The summed E-state index contributed by atoms with van der Waals surface area (Å²) in [6, 6.07) is 19.7. The first kappa shape index (κ1) is 32.8. The van der Waals surface area contributed by atoms with Crippen LogP contribution in [-0.2, 0) is 9.59 Å². The van der Waals surface area contributed by atoms with Crippen molar-refractivity contribution in [3.63, 3.8) is 0 Å². The molecule has 2 unspecified atom stereocenters. The normalized spacial score (nSPS) is 11.6. The number of amides is 1. The van der Waals surface area contributed by atoms with Crippen molar-refractivity contribution >= 4 is 40.3 Å². The lowest BCUT2D eigenvalue weighted by molar-refractivity contribution is -0.165. The molecule has 0 saturated heterocycles. The molecule has 14 nitrogen and oxygen atoms in total. The Kier molecular flexibility index (Phi) is 11.9. The number of aromatic nitrogens is 2. The van der Waals surface area contributed by atoms with Gasteiger partial charge >= 0.3 is 11.9 Å². The summed E-state index contributed by atoms with van der Waals surface area (Å²) in [4.78, 5) is 39.6. The van der Waals surface area contributed by atoms with Gasteiger partial charge in [-0.05, 0) is 60.7 Å². The highest BCUT2D eigenvalue weighted by Gasteiger charge is 2.29. The van der Waals surface area contributed by atoms with E-state index in [1.54, 1.807) is 29.7 Å². The lowest BCUT2D eigenvalue weighted by Crippen LogP contribution is -2.39. The zero-order valence-corrected chi connectivity index (χ0v) is 23.0. The van der Waals surface area contributed by atoms with Crippen molar-refractivity contribution in [1.82, 2.24) is 15.4 Å². The lowest BCUT2D eigenvalue weighted by Gasteiger charge is -2.11. The third kappa shape index (κ3) is 9.39. The molecule has 1 aromatic heterocycles. The highest BCUT2D eigenvalue weighted by molar-refractivity contribution is 5.93. The molecule has 1 amide bonds. The number of hydrogen-bond donors (Lipinski definition) is 7. The molecule has 4 rings (SSSR count). The number of terminal acetylenes is 1. The molecule has 0 spiro atoms. The Morgan fingerprint density at radius 2 is 1.50 bits per heavy atom. The second kappa shape index (κ2) is 16.0. The molecule has 2 atom stereocenters. The van der Waals surface area contributed by atoms with E-state index in [9.17, 15) is 14.4 Å². The van der Waals surface area contributed by atoms with Gasteiger partial charge in [-0.15, -0.1) is 6.42 Å². The maximum atomic E-state index is 11.3. The van der Waals surface area contributed by atoms with E-state index in [0.29, 0.717) is 42.5 Å². The summed E-state index contributed by atoms with van der Waals surface area (Å²) in [6.07, 6.45) is 3.13. The molecular weight excluding hydrogens is 576 g/mol. The molecule has 0 radical (unpaired) electrons. The molecule has 0 aliphatic carbocycles. The van der Waals surface area contributed by atoms with Crippen LogP contribution < -0.4 is 20.3 Å². The summed E-state index contributed by atoms with van der Waals surface area (Å²) in [5.74, 6) is 0.500. The van der Waals surface area contributed by atoms with Gasteiger partial charge in [-0.2, -0.15) is 0 Å². The Labute approximate surface area is 250 Å². The van der Waals surface area contributed by atoms with E-state index < -0.39 is 30.1 Å². The van der Waals surface area contributed by atoms with E-state index in [2.05, 4.69) is 21.2 Å². The topological polar surface area (TPSA) is 221 Å². The fraction of sp³-hybridized carbons (Fsp3) is 0.167. The third-order valence-electron chi connectivity index (χ3n) is 5.75. The first-order valence-electron chi connectivity index (χ1n) is 12.8. The number of nitrogens with one attached hydrogen (secondary N) is 2. The van der Waals surface area contributed by atoms with Crippen LogP contribution in [0.3, 0.4) is 0 Å². The summed E-state index contributed by atoms with van der Waals surface area (Å²) < 4.78 is 11.6. The molecule has 3 aromatic carbocycles. The number of ether oxygens (including phenoxy) is 2. The number of carbonyl (C=O) groups is 3. The van der Waals surface area contributed by atoms with Crippen LogP contribution in [0.2, 0.25) is 0 Å². The second-order valence-corrected chi connectivity index (χ2v) is 8.83. The van der Waals surface area contributed by atoms with Gasteiger partial charge in [0.05, 0.1) is 18.7 Å². The number of hydrogen-bond acceptors (Lipinski definition) is 11. The van der Waals surface area contributed by atoms with Crippen molar-refractivity contribution in [3.05, 3.63) is 84.2 Å². The van der Waals surface area contributed by atoms with Crippen molar-refractivity contribution in [1.29, 1.82) is 0 Å². The quantitative estimate of drug-likeness (QED) is 0.0534. The van der Waals surface area contributed by atoms with E-state index in [1.165, 1.54) is 6.33 Å². The predicted octanol–water partition coefficient (Wildman–Crippen LogP) is 2.20. The van der Waals surface area contributed by atoms with Crippen LogP contribution in [0.4, 0.5) is 11.5 Å². The zero-order chi connectivity index (χ0) is 32.1. The maximum Gasteiger partial charge on any atom is 0.335 e. The smallest absolute Gasteiger partial charge is 0.335 e. The van der Waals surface area contributed by atoms with Crippen molar-refractivity contribution in [2.75, 3.05) is 18.5 Å². The van der Waals surface area contributed by atoms with Crippen molar-refractivity contribution in [2.45, 2.75) is 18.6 Å². The van der Waals surface area contributed by atoms with Crippen LogP contribution in [0.1, 0.15) is 22.3 Å². The Balaban J connectivity index is 0.000000456. The monoisotopic (exact) mass is 604 g/mol. The molecule has 0 bridgehead atoms. The summed E-state index contributed by atoms with van der Waals surface area (Å²) in [6.45, 7) is 0.901. The molecule has 0 saturated carbocycles. The van der Waals surface area contributed by atoms with Gasteiger partial charge in [-0.1, -0.05) is 12.0 Å². The molecule has 0 aliphatic heterocycles. The average molecular weight is 605 g/mol.